The Labute approximate surface area is 541 Å². The minimum absolute atomic E-state index is 0.107. The van der Waals surface area contributed by atoms with Crippen LogP contribution >= 0.6 is 0 Å². The van der Waals surface area contributed by atoms with Gasteiger partial charge in [-0.1, -0.05) is 42.5 Å². The van der Waals surface area contributed by atoms with Crippen LogP contribution in [0.1, 0.15) is 109 Å². The largest absolute Gasteiger partial charge is 0.366 e. The number of anilines is 3. The number of carbonyl (C=O) groups excluding carboxylic acids is 3. The first-order valence-corrected chi connectivity index (χ1v) is 38.5. The van der Waals surface area contributed by atoms with E-state index >= 15 is 0 Å². The first kappa shape index (κ1) is 66.2. The Hall–Kier alpha value is -7.23. The lowest BCUT2D eigenvalue weighted by molar-refractivity contribution is -0.139. The van der Waals surface area contributed by atoms with Crippen molar-refractivity contribution < 1.29 is 40.2 Å². The molecule has 15 nitrogen and oxygen atoms in total. The van der Waals surface area contributed by atoms with Gasteiger partial charge in [-0.05, 0) is 200 Å². The molecule has 0 spiro atoms. The molecule has 490 valence electrons. The van der Waals surface area contributed by atoms with Crippen LogP contribution < -0.4 is 14.7 Å². The number of nitrogens with zero attached hydrogens (tertiary/aromatic N) is 9. The van der Waals surface area contributed by atoms with Gasteiger partial charge in [0.2, 0.25) is 17.7 Å². The van der Waals surface area contributed by atoms with Gasteiger partial charge < -0.3 is 29.4 Å². The van der Waals surface area contributed by atoms with Gasteiger partial charge in [0.15, 0.2) is 0 Å². The number of amides is 3. The molecule has 3 aromatic carbocycles. The fourth-order valence-electron chi connectivity index (χ4n) is 13.6. The predicted molar refractivity (Wildman–Crippen MR) is 367 cm³/mol. The second kappa shape index (κ2) is 28.6. The first-order chi connectivity index (χ1) is 44.0. The van der Waals surface area contributed by atoms with Gasteiger partial charge in [-0.2, -0.15) is 0 Å². The number of carbonyl (C=O) groups is 3. The van der Waals surface area contributed by atoms with Crippen molar-refractivity contribution in [1.29, 1.82) is 0 Å². The zero-order valence-electron chi connectivity index (χ0n) is 52.9. The van der Waals surface area contributed by atoms with E-state index < -0.39 is 28.6 Å². The standard InChI is InChI=1S/C25H30FN3O2S.2C23H28FN3O2S/c1-32(31)14-10-20(11-15-32)25(30)29-13-12-28(17-24(29)19-4-6-21(26)7-5-19)22-8-9-23(27-16-22)18-2-3-18;1-17-3-8-21(15-25-17)26-11-12-27(22(16-26)18-4-6-20(24)7-5-18)23(28)19-9-13-30(2,29)14-10-19;1-17-3-8-22(25-15-17)26-11-12-27(21(16-26)18-4-6-20(24)7-5-18)23(28)19-9-13-30(2,29)14-10-19/h4-9,16,18,20,24H,1-3,10-15,17H2;3-8,15,19,22H,2,9-14,16H2,1H3;3-8,15,19,21H,2,9-14,16H2,1H3. The van der Waals surface area contributed by atoms with Crippen LogP contribution in [0.4, 0.5) is 30.4 Å². The molecular formula is C71H86F3N9O6S3. The van der Waals surface area contributed by atoms with Gasteiger partial charge in [0, 0.05) is 135 Å². The molecule has 9 heterocycles. The van der Waals surface area contributed by atoms with Gasteiger partial charge in [0.1, 0.15) is 23.3 Å². The Bertz CT molecular complexity index is 3690. The maximum atomic E-state index is 13.6. The number of halogens is 3. The molecule has 0 N–H and O–H groups in total. The van der Waals surface area contributed by atoms with E-state index in [1.807, 2.05) is 71.4 Å². The number of aromatic nitrogens is 3. The van der Waals surface area contributed by atoms with Crippen LogP contribution in [-0.2, 0) is 42.9 Å². The van der Waals surface area contributed by atoms with Crippen LogP contribution in [-0.4, -0.2) is 171 Å². The molecule has 7 fully saturated rings. The SMILES string of the molecule is C=S1(=O)CCC(C(=O)N2CCN(c3ccc(C)cn3)CC2c2ccc(F)cc2)CC1.C=S1(=O)CCC(C(=O)N2CCN(c3ccc(C)nc3)CC2c2ccc(F)cc2)CC1.C=S1(=O)CCC(C(=O)N2CCN(c3ccc(C4CC4)nc3)CC2c2ccc(F)cc2)CC1. The summed E-state index contributed by atoms with van der Waals surface area (Å²) in [5.74, 6) is 15.2. The Morgan fingerprint density at radius 2 is 0.772 bits per heavy atom. The van der Waals surface area contributed by atoms with E-state index in [1.165, 1.54) is 49.2 Å². The summed E-state index contributed by atoms with van der Waals surface area (Å²) < 4.78 is 77.3. The minimum atomic E-state index is -2.03. The Kier molecular flexibility index (Phi) is 20.6. The van der Waals surface area contributed by atoms with Gasteiger partial charge in [-0.25, -0.2) is 18.2 Å². The fraction of sp³-hybridized carbons (Fsp3) is 0.451. The van der Waals surface area contributed by atoms with Crippen molar-refractivity contribution in [2.75, 3.05) is 108 Å². The topological polar surface area (TPSA) is 161 Å². The fourth-order valence-corrected chi connectivity index (χ4v) is 18.4. The highest BCUT2D eigenvalue weighted by Gasteiger charge is 2.40. The summed E-state index contributed by atoms with van der Waals surface area (Å²) in [5, 5.41) is 0. The van der Waals surface area contributed by atoms with Crippen LogP contribution in [0, 0.1) is 49.1 Å². The van der Waals surface area contributed by atoms with E-state index in [-0.39, 0.29) is 71.1 Å². The number of piperazine rings is 3. The molecular weight excluding hydrogens is 1230 g/mol. The minimum Gasteiger partial charge on any atom is -0.366 e. The Balaban J connectivity index is 0.000000141. The van der Waals surface area contributed by atoms with E-state index in [1.54, 1.807) is 36.4 Å². The quantitative estimate of drug-likeness (QED) is 0.120. The van der Waals surface area contributed by atoms with E-state index in [0.29, 0.717) is 131 Å². The third-order valence-electron chi connectivity index (χ3n) is 19.4. The molecule has 1 aliphatic carbocycles. The van der Waals surface area contributed by atoms with E-state index in [2.05, 4.69) is 59.4 Å². The average Bonchev–Trinajstić information content (AvgIpc) is 0.910. The predicted octanol–water partition coefficient (Wildman–Crippen LogP) is 9.71. The van der Waals surface area contributed by atoms with Crippen molar-refractivity contribution in [3.8, 4) is 0 Å². The molecule has 3 unspecified atom stereocenters. The van der Waals surface area contributed by atoms with Gasteiger partial charge >= 0.3 is 0 Å². The normalized spacial score (nSPS) is 27.6. The summed E-state index contributed by atoms with van der Waals surface area (Å²) in [7, 11) is -6.08. The lowest BCUT2D eigenvalue weighted by atomic mass is 9.96. The van der Waals surface area contributed by atoms with Crippen molar-refractivity contribution in [2.24, 2.45) is 17.8 Å². The summed E-state index contributed by atoms with van der Waals surface area (Å²) in [4.78, 5) is 66.4. The second-order valence-electron chi connectivity index (χ2n) is 26.1. The van der Waals surface area contributed by atoms with E-state index in [9.17, 15) is 40.2 Å². The van der Waals surface area contributed by atoms with E-state index in [4.69, 9.17) is 0 Å². The average molecular weight is 1310 g/mol. The van der Waals surface area contributed by atoms with Crippen LogP contribution in [0.5, 0.6) is 0 Å². The molecule has 6 aliphatic heterocycles. The molecule has 6 aromatic rings. The van der Waals surface area contributed by atoms with Gasteiger partial charge in [-0.3, -0.25) is 37.0 Å². The third kappa shape index (κ3) is 16.6. The van der Waals surface area contributed by atoms with Crippen LogP contribution in [0.2, 0.25) is 0 Å². The molecule has 3 amide bonds. The van der Waals surface area contributed by atoms with Gasteiger partial charge in [0.25, 0.3) is 0 Å². The van der Waals surface area contributed by atoms with Crippen molar-refractivity contribution in [1.82, 2.24) is 29.7 Å². The highest BCUT2D eigenvalue weighted by Crippen LogP contribution is 2.40. The molecule has 7 aliphatic rings. The number of benzene rings is 3. The maximum Gasteiger partial charge on any atom is 0.226 e. The molecule has 21 heteroatoms. The highest BCUT2D eigenvalue weighted by atomic mass is 32.2. The number of aryl methyl sites for hydroxylation is 2. The van der Waals surface area contributed by atoms with Crippen molar-refractivity contribution >= 4 is 81.1 Å². The molecule has 0 bridgehead atoms. The number of hydrogen-bond donors (Lipinski definition) is 0. The summed E-state index contributed by atoms with van der Waals surface area (Å²) in [6.45, 7) is 9.73. The molecule has 13 rings (SSSR count). The molecule has 6 saturated heterocycles. The molecule has 3 atom stereocenters. The summed E-state index contributed by atoms with van der Waals surface area (Å²) in [6.07, 6.45) is 11.9. The Morgan fingerprint density at radius 3 is 1.10 bits per heavy atom. The van der Waals surface area contributed by atoms with Crippen molar-refractivity contribution in [3.05, 3.63) is 179 Å². The van der Waals surface area contributed by atoms with Crippen LogP contribution in [0.25, 0.3) is 0 Å². The van der Waals surface area contributed by atoms with Gasteiger partial charge in [0.05, 0.1) is 41.9 Å². The second-order valence-corrected chi connectivity index (χ2v) is 34.4. The monoisotopic (exact) mass is 1310 g/mol. The molecule has 0 radical (unpaired) electrons. The summed E-state index contributed by atoms with van der Waals surface area (Å²) in [6, 6.07) is 31.1. The Morgan fingerprint density at radius 1 is 0.413 bits per heavy atom. The molecule has 92 heavy (non-hydrogen) atoms. The molecule has 1 saturated carbocycles. The number of pyridine rings is 3. The summed E-state index contributed by atoms with van der Waals surface area (Å²) >= 11 is 0. The van der Waals surface area contributed by atoms with Crippen LogP contribution in [0.15, 0.2) is 128 Å². The first-order valence-electron chi connectivity index (χ1n) is 32.3. The van der Waals surface area contributed by atoms with Crippen molar-refractivity contribution in [3.63, 3.8) is 0 Å². The van der Waals surface area contributed by atoms with Gasteiger partial charge in [-0.15, -0.1) is 0 Å². The summed E-state index contributed by atoms with van der Waals surface area (Å²) in [5.41, 5.74) is 8.08. The lowest BCUT2D eigenvalue weighted by Crippen LogP contribution is -2.53. The van der Waals surface area contributed by atoms with E-state index in [0.717, 1.165) is 57.4 Å². The zero-order valence-corrected chi connectivity index (χ0v) is 55.3. The number of hydrogen-bond acceptors (Lipinski definition) is 12. The molecule has 3 aromatic heterocycles. The lowest BCUT2D eigenvalue weighted by Gasteiger charge is -2.44. The van der Waals surface area contributed by atoms with Crippen LogP contribution in [0.3, 0.4) is 0 Å². The smallest absolute Gasteiger partial charge is 0.226 e. The number of rotatable bonds is 10. The zero-order chi connectivity index (χ0) is 64.9. The highest BCUT2D eigenvalue weighted by molar-refractivity contribution is 8.00. The maximum absolute atomic E-state index is 13.6. The van der Waals surface area contributed by atoms with Crippen molar-refractivity contribution in [2.45, 2.75) is 89.3 Å². The third-order valence-corrected chi connectivity index (χ3v) is 25.3.